The van der Waals surface area contributed by atoms with E-state index >= 15 is 0 Å². The molecule has 25 heavy (non-hydrogen) atoms. The van der Waals surface area contributed by atoms with Crippen molar-refractivity contribution >= 4 is 5.96 Å². The lowest BCUT2D eigenvalue weighted by molar-refractivity contribution is 0.0347. The molecule has 0 aromatic carbocycles. The summed E-state index contributed by atoms with van der Waals surface area (Å²) in [4.78, 5) is 6.92. The second-order valence-corrected chi connectivity index (χ2v) is 7.33. The average molecular weight is 355 g/mol. The van der Waals surface area contributed by atoms with Crippen LogP contribution in [0.15, 0.2) is 4.99 Å². The SMILES string of the molecule is CN=C(NCCCCCN1CCCCC1)NC(C)COC1CCOC1. The van der Waals surface area contributed by atoms with Gasteiger partial charge in [0.15, 0.2) is 5.96 Å². The third kappa shape index (κ3) is 8.88. The third-order valence-electron chi connectivity index (χ3n) is 4.97. The number of ether oxygens (including phenoxy) is 2. The van der Waals surface area contributed by atoms with E-state index < -0.39 is 0 Å². The number of hydrogen-bond donors (Lipinski definition) is 2. The standard InChI is InChI=1S/C19H38N4O2/c1-17(15-25-18-9-14-24-16-18)22-19(20-2)21-10-5-3-6-11-23-12-7-4-8-13-23/h17-18H,3-16H2,1-2H3,(H2,20,21,22). The maximum atomic E-state index is 5.85. The van der Waals surface area contributed by atoms with E-state index in [1.165, 1.54) is 58.2 Å². The normalized spacial score (nSPS) is 23.6. The Morgan fingerprint density at radius 1 is 1.24 bits per heavy atom. The second kappa shape index (κ2) is 12.5. The zero-order valence-electron chi connectivity index (χ0n) is 16.3. The molecule has 0 aromatic rings. The van der Waals surface area contributed by atoms with Gasteiger partial charge in [-0.25, -0.2) is 0 Å². The van der Waals surface area contributed by atoms with Crippen molar-refractivity contribution in [2.45, 2.75) is 64.0 Å². The van der Waals surface area contributed by atoms with E-state index in [0.29, 0.717) is 6.61 Å². The third-order valence-corrected chi connectivity index (χ3v) is 4.97. The van der Waals surface area contributed by atoms with Crippen LogP contribution in [-0.4, -0.2) is 76.1 Å². The number of likely N-dealkylation sites (tertiary alicyclic amines) is 1. The lowest BCUT2D eigenvalue weighted by atomic mass is 10.1. The monoisotopic (exact) mass is 354 g/mol. The summed E-state index contributed by atoms with van der Waals surface area (Å²) in [5.41, 5.74) is 0. The van der Waals surface area contributed by atoms with Gasteiger partial charge in [0.1, 0.15) is 0 Å². The summed E-state index contributed by atoms with van der Waals surface area (Å²) >= 11 is 0. The number of hydrogen-bond acceptors (Lipinski definition) is 4. The topological polar surface area (TPSA) is 58.1 Å². The van der Waals surface area contributed by atoms with Gasteiger partial charge >= 0.3 is 0 Å². The Hall–Kier alpha value is -0.850. The molecule has 0 radical (unpaired) electrons. The maximum Gasteiger partial charge on any atom is 0.191 e. The van der Waals surface area contributed by atoms with E-state index in [-0.39, 0.29) is 12.1 Å². The van der Waals surface area contributed by atoms with Gasteiger partial charge in [-0.05, 0) is 58.7 Å². The molecule has 2 N–H and O–H groups in total. The van der Waals surface area contributed by atoms with Gasteiger partial charge in [0.2, 0.25) is 0 Å². The van der Waals surface area contributed by atoms with Crippen LogP contribution < -0.4 is 10.6 Å². The van der Waals surface area contributed by atoms with Gasteiger partial charge in [0, 0.05) is 26.2 Å². The first-order valence-electron chi connectivity index (χ1n) is 10.2. The summed E-state index contributed by atoms with van der Waals surface area (Å²) in [7, 11) is 1.82. The van der Waals surface area contributed by atoms with Crippen molar-refractivity contribution in [3.63, 3.8) is 0 Å². The van der Waals surface area contributed by atoms with Crippen LogP contribution in [0.1, 0.15) is 51.9 Å². The molecule has 2 rings (SSSR count). The molecular formula is C19H38N4O2. The highest BCUT2D eigenvalue weighted by molar-refractivity contribution is 5.79. The number of unbranched alkanes of at least 4 members (excludes halogenated alkanes) is 2. The van der Waals surface area contributed by atoms with Crippen molar-refractivity contribution in [1.29, 1.82) is 0 Å². The van der Waals surface area contributed by atoms with Crippen LogP contribution in [0.3, 0.4) is 0 Å². The van der Waals surface area contributed by atoms with E-state index in [9.17, 15) is 0 Å². The minimum absolute atomic E-state index is 0.242. The van der Waals surface area contributed by atoms with Crippen LogP contribution in [0.5, 0.6) is 0 Å². The summed E-state index contributed by atoms with van der Waals surface area (Å²) in [6, 6.07) is 0.242. The Kier molecular flexibility index (Phi) is 10.2. The quantitative estimate of drug-likeness (QED) is 0.357. The van der Waals surface area contributed by atoms with Gasteiger partial charge < -0.3 is 25.0 Å². The molecule has 0 aliphatic carbocycles. The lowest BCUT2D eigenvalue weighted by Gasteiger charge is -2.26. The van der Waals surface area contributed by atoms with E-state index in [1.54, 1.807) is 0 Å². The van der Waals surface area contributed by atoms with Gasteiger partial charge in [-0.15, -0.1) is 0 Å². The van der Waals surface area contributed by atoms with Crippen molar-refractivity contribution in [1.82, 2.24) is 15.5 Å². The smallest absolute Gasteiger partial charge is 0.191 e. The summed E-state index contributed by atoms with van der Waals surface area (Å²) in [5, 5.41) is 6.81. The van der Waals surface area contributed by atoms with Gasteiger partial charge in [-0.3, -0.25) is 4.99 Å². The van der Waals surface area contributed by atoms with Crippen LogP contribution >= 0.6 is 0 Å². The van der Waals surface area contributed by atoms with E-state index in [0.717, 1.165) is 32.1 Å². The second-order valence-electron chi connectivity index (χ2n) is 7.33. The first-order valence-corrected chi connectivity index (χ1v) is 10.2. The summed E-state index contributed by atoms with van der Waals surface area (Å²) in [6.07, 6.45) is 9.25. The molecule has 6 heteroatoms. The van der Waals surface area contributed by atoms with Crippen molar-refractivity contribution in [3.05, 3.63) is 0 Å². The van der Waals surface area contributed by atoms with Gasteiger partial charge in [0.25, 0.3) is 0 Å². The minimum Gasteiger partial charge on any atom is -0.379 e. The summed E-state index contributed by atoms with van der Waals surface area (Å²) in [6.45, 7) is 9.23. The van der Waals surface area contributed by atoms with E-state index in [4.69, 9.17) is 9.47 Å². The lowest BCUT2D eigenvalue weighted by Crippen LogP contribution is -2.44. The Bertz CT molecular complexity index is 366. The molecular weight excluding hydrogens is 316 g/mol. The predicted molar refractivity (Wildman–Crippen MR) is 103 cm³/mol. The Morgan fingerprint density at radius 2 is 2.08 bits per heavy atom. The molecule has 2 unspecified atom stereocenters. The maximum absolute atomic E-state index is 5.85. The van der Waals surface area contributed by atoms with E-state index in [1.807, 2.05) is 7.05 Å². The molecule has 2 aliphatic heterocycles. The van der Waals surface area contributed by atoms with Crippen LogP contribution in [-0.2, 0) is 9.47 Å². The molecule has 146 valence electrons. The molecule has 2 saturated heterocycles. The molecule has 0 amide bonds. The Morgan fingerprint density at radius 3 is 2.80 bits per heavy atom. The first kappa shape index (κ1) is 20.5. The molecule has 2 aliphatic rings. The average Bonchev–Trinajstić information content (AvgIpc) is 3.16. The first-order chi connectivity index (χ1) is 12.3. The Balaban J connectivity index is 1.46. The van der Waals surface area contributed by atoms with Crippen LogP contribution in [0, 0.1) is 0 Å². The van der Waals surface area contributed by atoms with Gasteiger partial charge in [-0.1, -0.05) is 12.8 Å². The molecule has 0 aromatic heterocycles. The highest BCUT2D eigenvalue weighted by Gasteiger charge is 2.17. The zero-order valence-corrected chi connectivity index (χ0v) is 16.3. The molecule has 0 spiro atoms. The highest BCUT2D eigenvalue weighted by Crippen LogP contribution is 2.10. The summed E-state index contributed by atoms with van der Waals surface area (Å²) < 4.78 is 11.2. The van der Waals surface area contributed by atoms with Crippen molar-refractivity contribution in [2.24, 2.45) is 4.99 Å². The minimum atomic E-state index is 0.242. The number of aliphatic imine (C=N–C) groups is 1. The number of rotatable bonds is 10. The fraction of sp³-hybridized carbons (Fsp3) is 0.947. The molecule has 0 bridgehead atoms. The highest BCUT2D eigenvalue weighted by atomic mass is 16.5. The van der Waals surface area contributed by atoms with Crippen LogP contribution in [0.25, 0.3) is 0 Å². The predicted octanol–water partition coefficient (Wildman–Crippen LogP) is 2.00. The number of nitrogens with zero attached hydrogens (tertiary/aromatic N) is 2. The van der Waals surface area contributed by atoms with E-state index in [2.05, 4.69) is 27.4 Å². The van der Waals surface area contributed by atoms with Crippen molar-refractivity contribution < 1.29 is 9.47 Å². The molecule has 2 atom stereocenters. The van der Waals surface area contributed by atoms with Crippen LogP contribution in [0.2, 0.25) is 0 Å². The zero-order chi connectivity index (χ0) is 17.7. The number of guanidine groups is 1. The molecule has 2 heterocycles. The van der Waals surface area contributed by atoms with Gasteiger partial charge in [-0.2, -0.15) is 0 Å². The molecule has 0 saturated carbocycles. The van der Waals surface area contributed by atoms with Crippen molar-refractivity contribution in [2.75, 3.05) is 53.0 Å². The molecule has 6 nitrogen and oxygen atoms in total. The largest absolute Gasteiger partial charge is 0.379 e. The van der Waals surface area contributed by atoms with Crippen LogP contribution in [0.4, 0.5) is 0 Å². The van der Waals surface area contributed by atoms with Crippen molar-refractivity contribution in [3.8, 4) is 0 Å². The number of piperidine rings is 1. The summed E-state index contributed by atoms with van der Waals surface area (Å²) in [5.74, 6) is 0.870. The fourth-order valence-corrected chi connectivity index (χ4v) is 3.42. The fourth-order valence-electron chi connectivity index (χ4n) is 3.42. The van der Waals surface area contributed by atoms with Gasteiger partial charge in [0.05, 0.1) is 19.3 Å². The number of nitrogens with one attached hydrogen (secondary N) is 2. The molecule has 2 fully saturated rings. The Labute approximate surface area is 153 Å².